The van der Waals surface area contributed by atoms with Crippen LogP contribution in [-0.2, 0) is 10.2 Å². The summed E-state index contributed by atoms with van der Waals surface area (Å²) >= 11 is 5.94. The first kappa shape index (κ1) is 11.7. The van der Waals surface area contributed by atoms with Gasteiger partial charge in [0.2, 0.25) is 0 Å². The van der Waals surface area contributed by atoms with Crippen LogP contribution >= 0.6 is 11.6 Å². The molecule has 3 nitrogen and oxygen atoms in total. The van der Waals surface area contributed by atoms with E-state index in [1.807, 2.05) is 0 Å². The fourth-order valence-corrected chi connectivity index (χ4v) is 2.42. The van der Waals surface area contributed by atoms with E-state index in [0.717, 1.165) is 12.0 Å². The van der Waals surface area contributed by atoms with E-state index in [9.17, 15) is 4.79 Å². The lowest BCUT2D eigenvalue weighted by molar-refractivity contribution is 0.0120. The minimum Gasteiger partial charge on any atom is -0.381 e. The standard InChI is InChI=1S/C12H16ClNO2/c1-8-7-16-4-3-12(8,2)10-5-9(13)6-14-11(10)15/h5-6,8H,3-4,7H2,1-2H3,(H,14,15). The number of nitrogens with one attached hydrogen (secondary N) is 1. The molecule has 0 spiro atoms. The van der Waals surface area contributed by atoms with Gasteiger partial charge in [0, 0.05) is 30.4 Å². The maximum Gasteiger partial charge on any atom is 0.251 e. The second-order valence-electron chi connectivity index (χ2n) is 4.70. The van der Waals surface area contributed by atoms with E-state index < -0.39 is 0 Å². The van der Waals surface area contributed by atoms with Crippen molar-refractivity contribution >= 4 is 11.6 Å². The Morgan fingerprint density at radius 2 is 2.38 bits per heavy atom. The molecule has 1 aromatic heterocycles. The van der Waals surface area contributed by atoms with E-state index in [1.165, 1.54) is 6.20 Å². The first-order chi connectivity index (χ1) is 7.54. The highest BCUT2D eigenvalue weighted by Crippen LogP contribution is 2.37. The number of halogens is 1. The van der Waals surface area contributed by atoms with E-state index >= 15 is 0 Å². The summed E-state index contributed by atoms with van der Waals surface area (Å²) in [5.41, 5.74) is 0.591. The second-order valence-corrected chi connectivity index (χ2v) is 5.14. The highest BCUT2D eigenvalue weighted by atomic mass is 35.5. The van der Waals surface area contributed by atoms with Gasteiger partial charge in [0.05, 0.1) is 5.02 Å². The third-order valence-electron chi connectivity index (χ3n) is 3.70. The van der Waals surface area contributed by atoms with Crippen LogP contribution < -0.4 is 5.56 Å². The van der Waals surface area contributed by atoms with Crippen LogP contribution in [0.2, 0.25) is 5.02 Å². The van der Waals surface area contributed by atoms with Crippen LogP contribution in [0.4, 0.5) is 0 Å². The van der Waals surface area contributed by atoms with Crippen molar-refractivity contribution in [2.45, 2.75) is 25.7 Å². The molecule has 16 heavy (non-hydrogen) atoms. The predicted molar refractivity (Wildman–Crippen MR) is 64.0 cm³/mol. The Morgan fingerprint density at radius 1 is 1.62 bits per heavy atom. The molecule has 0 saturated carbocycles. The lowest BCUT2D eigenvalue weighted by Crippen LogP contribution is -2.42. The fraction of sp³-hybridized carbons (Fsp3) is 0.583. The molecule has 2 heterocycles. The summed E-state index contributed by atoms with van der Waals surface area (Å²) in [5.74, 6) is 0.320. The average Bonchev–Trinajstić information content (AvgIpc) is 2.26. The van der Waals surface area contributed by atoms with Crippen LogP contribution in [0.3, 0.4) is 0 Å². The second kappa shape index (κ2) is 4.22. The summed E-state index contributed by atoms with van der Waals surface area (Å²) in [6.45, 7) is 5.62. The van der Waals surface area contributed by atoms with Crippen LogP contribution in [0, 0.1) is 5.92 Å². The predicted octanol–water partition coefficient (Wildman–Crippen LogP) is 2.34. The lowest BCUT2D eigenvalue weighted by Gasteiger charge is -2.39. The molecular formula is C12H16ClNO2. The summed E-state index contributed by atoms with van der Waals surface area (Å²) in [7, 11) is 0. The number of aromatic nitrogens is 1. The SMILES string of the molecule is CC1COCCC1(C)c1cc(Cl)c[nH]c1=O. The van der Waals surface area contributed by atoms with Crippen LogP contribution in [0.15, 0.2) is 17.1 Å². The maximum absolute atomic E-state index is 11.9. The van der Waals surface area contributed by atoms with Gasteiger partial charge in [0.15, 0.2) is 0 Å². The van der Waals surface area contributed by atoms with Crippen molar-refractivity contribution in [2.24, 2.45) is 5.92 Å². The molecule has 0 bridgehead atoms. The smallest absolute Gasteiger partial charge is 0.251 e. The number of H-pyrrole nitrogens is 1. The minimum absolute atomic E-state index is 0.0411. The quantitative estimate of drug-likeness (QED) is 0.820. The third-order valence-corrected chi connectivity index (χ3v) is 3.92. The van der Waals surface area contributed by atoms with Gasteiger partial charge in [-0.05, 0) is 18.4 Å². The molecule has 2 unspecified atom stereocenters. The molecule has 0 aliphatic carbocycles. The summed E-state index contributed by atoms with van der Waals surface area (Å²) in [6, 6.07) is 1.78. The molecular weight excluding hydrogens is 226 g/mol. The summed E-state index contributed by atoms with van der Waals surface area (Å²) in [4.78, 5) is 14.5. The Bertz CT molecular complexity index is 443. The molecule has 2 rings (SSSR count). The van der Waals surface area contributed by atoms with E-state index in [0.29, 0.717) is 24.2 Å². The summed E-state index contributed by atoms with van der Waals surface area (Å²) in [6.07, 6.45) is 2.39. The first-order valence-electron chi connectivity index (χ1n) is 5.50. The van der Waals surface area contributed by atoms with Crippen molar-refractivity contribution in [3.05, 3.63) is 33.2 Å². The zero-order valence-electron chi connectivity index (χ0n) is 9.55. The lowest BCUT2D eigenvalue weighted by atomic mass is 9.70. The van der Waals surface area contributed by atoms with Gasteiger partial charge in [0.1, 0.15) is 0 Å². The Hall–Kier alpha value is -0.800. The van der Waals surface area contributed by atoms with Crippen LogP contribution in [0.5, 0.6) is 0 Å². The molecule has 0 amide bonds. The number of pyridine rings is 1. The summed E-state index contributed by atoms with van der Waals surface area (Å²) in [5, 5.41) is 0.578. The van der Waals surface area contributed by atoms with Gasteiger partial charge in [0.25, 0.3) is 5.56 Å². The number of hydrogen-bond donors (Lipinski definition) is 1. The Kier molecular flexibility index (Phi) is 3.08. The highest BCUT2D eigenvalue weighted by molar-refractivity contribution is 6.30. The van der Waals surface area contributed by atoms with Crippen LogP contribution in [0.25, 0.3) is 0 Å². The molecule has 2 atom stereocenters. The molecule has 1 saturated heterocycles. The Balaban J connectivity index is 2.48. The minimum atomic E-state index is -0.142. The third kappa shape index (κ3) is 1.89. The molecule has 0 radical (unpaired) electrons. The number of aromatic amines is 1. The van der Waals surface area contributed by atoms with Crippen LogP contribution in [-0.4, -0.2) is 18.2 Å². The molecule has 1 aromatic rings. The van der Waals surface area contributed by atoms with E-state index in [-0.39, 0.29) is 11.0 Å². The number of rotatable bonds is 1. The van der Waals surface area contributed by atoms with Crippen molar-refractivity contribution in [1.82, 2.24) is 4.98 Å². The monoisotopic (exact) mass is 241 g/mol. The van der Waals surface area contributed by atoms with Gasteiger partial charge in [-0.15, -0.1) is 0 Å². The zero-order valence-corrected chi connectivity index (χ0v) is 10.3. The molecule has 1 aliphatic heterocycles. The fourth-order valence-electron chi connectivity index (χ4n) is 2.26. The zero-order chi connectivity index (χ0) is 11.8. The van der Waals surface area contributed by atoms with E-state index in [1.54, 1.807) is 6.07 Å². The van der Waals surface area contributed by atoms with Gasteiger partial charge < -0.3 is 9.72 Å². The molecule has 1 aliphatic rings. The first-order valence-corrected chi connectivity index (χ1v) is 5.88. The molecule has 0 aromatic carbocycles. The normalized spacial score (nSPS) is 30.3. The van der Waals surface area contributed by atoms with Crippen molar-refractivity contribution in [2.75, 3.05) is 13.2 Å². The van der Waals surface area contributed by atoms with Crippen molar-refractivity contribution in [1.29, 1.82) is 0 Å². The average molecular weight is 242 g/mol. The van der Waals surface area contributed by atoms with E-state index in [4.69, 9.17) is 16.3 Å². The Morgan fingerprint density at radius 3 is 3.06 bits per heavy atom. The van der Waals surface area contributed by atoms with Crippen molar-refractivity contribution in [3.8, 4) is 0 Å². The van der Waals surface area contributed by atoms with Crippen molar-refractivity contribution < 1.29 is 4.74 Å². The molecule has 4 heteroatoms. The molecule has 1 fully saturated rings. The summed E-state index contributed by atoms with van der Waals surface area (Å²) < 4.78 is 5.42. The number of hydrogen-bond acceptors (Lipinski definition) is 2. The van der Waals surface area contributed by atoms with Gasteiger partial charge in [-0.1, -0.05) is 25.4 Å². The highest BCUT2D eigenvalue weighted by Gasteiger charge is 2.37. The molecule has 88 valence electrons. The van der Waals surface area contributed by atoms with Crippen LogP contribution in [0.1, 0.15) is 25.8 Å². The number of ether oxygens (including phenoxy) is 1. The van der Waals surface area contributed by atoms with Gasteiger partial charge in [-0.2, -0.15) is 0 Å². The van der Waals surface area contributed by atoms with E-state index in [2.05, 4.69) is 18.8 Å². The topological polar surface area (TPSA) is 42.1 Å². The van der Waals surface area contributed by atoms with Crippen molar-refractivity contribution in [3.63, 3.8) is 0 Å². The largest absolute Gasteiger partial charge is 0.381 e. The maximum atomic E-state index is 11.9. The van der Waals surface area contributed by atoms with Gasteiger partial charge in [-0.3, -0.25) is 4.79 Å². The Labute approximate surface area is 99.8 Å². The molecule has 1 N–H and O–H groups in total. The van der Waals surface area contributed by atoms with Gasteiger partial charge in [-0.25, -0.2) is 0 Å². The van der Waals surface area contributed by atoms with Gasteiger partial charge >= 0.3 is 0 Å².